The normalized spacial score (nSPS) is 18.1. The molecule has 2 aromatic rings. The van der Waals surface area contributed by atoms with Crippen molar-refractivity contribution in [3.05, 3.63) is 35.6 Å². The van der Waals surface area contributed by atoms with Crippen LogP contribution >= 0.6 is 0 Å². The van der Waals surface area contributed by atoms with E-state index >= 15 is 0 Å². The van der Waals surface area contributed by atoms with Crippen molar-refractivity contribution in [3.8, 4) is 0 Å². The lowest BCUT2D eigenvalue weighted by molar-refractivity contribution is -0.117. The molecule has 0 saturated carbocycles. The number of carbonyl (C=O) groups is 2. The number of hydrogen-bond donors (Lipinski definition) is 2. The van der Waals surface area contributed by atoms with E-state index in [0.29, 0.717) is 0 Å². The first-order valence-electron chi connectivity index (χ1n) is 5.40. The van der Waals surface area contributed by atoms with Crippen molar-refractivity contribution >= 4 is 23.7 Å². The summed E-state index contributed by atoms with van der Waals surface area (Å²) in [4.78, 5) is 27.8. The number of hydrogen-bond acceptors (Lipinski definition) is 5. The molecule has 2 heterocycles. The Morgan fingerprint density at radius 1 is 1.32 bits per heavy atom. The van der Waals surface area contributed by atoms with Gasteiger partial charge in [-0.1, -0.05) is 18.2 Å². The number of aromatic nitrogens is 3. The summed E-state index contributed by atoms with van der Waals surface area (Å²) < 4.78 is 14.6. The van der Waals surface area contributed by atoms with E-state index in [1.807, 2.05) is 0 Å². The average molecular weight is 261 g/mol. The van der Waals surface area contributed by atoms with Gasteiger partial charge in [0.2, 0.25) is 17.8 Å². The number of rotatable bonds is 1. The topological polar surface area (TPSA) is 103 Å². The van der Waals surface area contributed by atoms with Crippen molar-refractivity contribution < 1.29 is 14.0 Å². The van der Waals surface area contributed by atoms with Gasteiger partial charge in [0.1, 0.15) is 11.7 Å². The molecule has 1 amide bonds. The maximum atomic E-state index is 13.7. The van der Waals surface area contributed by atoms with Crippen LogP contribution in [0.1, 0.15) is 16.3 Å². The van der Waals surface area contributed by atoms with Gasteiger partial charge in [-0.2, -0.15) is 9.67 Å². The summed E-state index contributed by atoms with van der Waals surface area (Å²) in [7, 11) is 0. The lowest BCUT2D eigenvalue weighted by Gasteiger charge is -2.20. The van der Waals surface area contributed by atoms with Crippen molar-refractivity contribution in [1.29, 1.82) is 0 Å². The maximum absolute atomic E-state index is 13.7. The smallest absolute Gasteiger partial charge is 0.267 e. The second kappa shape index (κ2) is 3.87. The molecule has 8 heteroatoms. The van der Waals surface area contributed by atoms with Gasteiger partial charge in [-0.25, -0.2) is 4.39 Å². The molecule has 1 unspecified atom stereocenters. The second-order valence-electron chi connectivity index (χ2n) is 3.99. The summed E-state index contributed by atoms with van der Waals surface area (Å²) in [6.45, 7) is 0. The Bertz CT molecular complexity index is 696. The summed E-state index contributed by atoms with van der Waals surface area (Å²) in [5.41, 5.74) is 5.35. The van der Waals surface area contributed by atoms with E-state index in [-0.39, 0.29) is 17.5 Å². The molecule has 3 rings (SSSR count). The molecule has 7 nitrogen and oxygen atoms in total. The molecule has 0 fully saturated rings. The molecule has 0 bridgehead atoms. The molecular formula is C11H8FN5O2. The highest BCUT2D eigenvalue weighted by Gasteiger charge is 2.38. The van der Waals surface area contributed by atoms with Crippen LogP contribution in [0, 0.1) is 5.82 Å². The molecule has 1 aliphatic rings. The van der Waals surface area contributed by atoms with Gasteiger partial charge in [-0.05, 0) is 6.07 Å². The number of carbonyl (C=O) groups excluding carboxylic acids is 2. The highest BCUT2D eigenvalue weighted by Crippen LogP contribution is 2.27. The largest absolute Gasteiger partial charge is 0.366 e. The third-order valence-electron chi connectivity index (χ3n) is 2.79. The Kier molecular flexibility index (Phi) is 2.31. The minimum absolute atomic E-state index is 0.00952. The number of nitrogens with zero attached hydrogens (tertiary/aromatic N) is 3. The number of fused-ring (bicyclic) bond motifs is 1. The first kappa shape index (κ1) is 11.3. The van der Waals surface area contributed by atoms with Gasteiger partial charge >= 0.3 is 0 Å². The number of benzene rings is 1. The zero-order valence-electron chi connectivity index (χ0n) is 9.50. The molecule has 19 heavy (non-hydrogen) atoms. The highest BCUT2D eigenvalue weighted by atomic mass is 19.1. The van der Waals surface area contributed by atoms with Crippen LogP contribution in [0.5, 0.6) is 0 Å². The predicted octanol–water partition coefficient (Wildman–Crippen LogP) is 0.375. The molecular weight excluding hydrogens is 253 g/mol. The number of anilines is 2. The third kappa shape index (κ3) is 1.65. The van der Waals surface area contributed by atoms with E-state index in [1.165, 1.54) is 18.2 Å². The van der Waals surface area contributed by atoms with Crippen LogP contribution in [0.15, 0.2) is 24.3 Å². The SMILES string of the molecule is Nc1nc2n(n1)C(=O)C(c1ccccc1F)C(=O)N2. The predicted molar refractivity (Wildman–Crippen MR) is 62.8 cm³/mol. The monoisotopic (exact) mass is 261 g/mol. The fourth-order valence-corrected chi connectivity index (χ4v) is 1.96. The quantitative estimate of drug-likeness (QED) is 0.722. The molecule has 0 aliphatic carbocycles. The minimum Gasteiger partial charge on any atom is -0.366 e. The Hall–Kier alpha value is -2.77. The molecule has 1 aromatic heterocycles. The average Bonchev–Trinajstić information content (AvgIpc) is 2.72. The van der Waals surface area contributed by atoms with E-state index in [4.69, 9.17) is 5.73 Å². The Balaban J connectivity index is 2.12. The van der Waals surface area contributed by atoms with E-state index in [1.54, 1.807) is 6.07 Å². The van der Waals surface area contributed by atoms with Crippen molar-refractivity contribution in [2.75, 3.05) is 11.1 Å². The van der Waals surface area contributed by atoms with Crippen LogP contribution in [0.25, 0.3) is 0 Å². The van der Waals surface area contributed by atoms with Gasteiger partial charge in [0.15, 0.2) is 0 Å². The van der Waals surface area contributed by atoms with Crippen LogP contribution in [0.4, 0.5) is 16.3 Å². The molecule has 1 aromatic carbocycles. The lowest BCUT2D eigenvalue weighted by atomic mass is 9.96. The zero-order chi connectivity index (χ0) is 13.6. The number of amides is 1. The summed E-state index contributed by atoms with van der Waals surface area (Å²) in [5.74, 6) is -3.47. The molecule has 1 atom stereocenters. The van der Waals surface area contributed by atoms with Crippen LogP contribution in [0.2, 0.25) is 0 Å². The van der Waals surface area contributed by atoms with Crippen molar-refractivity contribution in [3.63, 3.8) is 0 Å². The molecule has 0 radical (unpaired) electrons. The van der Waals surface area contributed by atoms with E-state index < -0.39 is 23.5 Å². The summed E-state index contributed by atoms with van der Waals surface area (Å²) in [5, 5.41) is 6.04. The molecule has 0 saturated heterocycles. The molecule has 3 N–H and O–H groups in total. The van der Waals surface area contributed by atoms with Crippen molar-refractivity contribution in [2.45, 2.75) is 5.92 Å². The van der Waals surface area contributed by atoms with E-state index in [9.17, 15) is 14.0 Å². The fraction of sp³-hybridized carbons (Fsp3) is 0.0909. The van der Waals surface area contributed by atoms with Crippen molar-refractivity contribution in [2.24, 2.45) is 0 Å². The first-order chi connectivity index (χ1) is 9.08. The highest BCUT2D eigenvalue weighted by molar-refractivity contribution is 6.15. The van der Waals surface area contributed by atoms with E-state index in [0.717, 1.165) is 4.68 Å². The molecule has 96 valence electrons. The van der Waals surface area contributed by atoms with Gasteiger partial charge in [-0.15, -0.1) is 5.10 Å². The first-order valence-corrected chi connectivity index (χ1v) is 5.40. The number of nitrogens with two attached hydrogens (primary N) is 1. The number of nitrogens with one attached hydrogen (secondary N) is 1. The van der Waals surface area contributed by atoms with Gasteiger partial charge in [0.25, 0.3) is 5.91 Å². The van der Waals surface area contributed by atoms with Gasteiger partial charge in [0.05, 0.1) is 0 Å². The van der Waals surface area contributed by atoms with Crippen LogP contribution in [-0.2, 0) is 4.79 Å². The molecule has 0 spiro atoms. The third-order valence-corrected chi connectivity index (χ3v) is 2.79. The fourth-order valence-electron chi connectivity index (χ4n) is 1.96. The van der Waals surface area contributed by atoms with E-state index in [2.05, 4.69) is 15.4 Å². The van der Waals surface area contributed by atoms with Crippen LogP contribution in [-0.4, -0.2) is 26.6 Å². The summed E-state index contributed by atoms with van der Waals surface area (Å²) in [6.07, 6.45) is 0. The van der Waals surface area contributed by atoms with Crippen molar-refractivity contribution in [1.82, 2.24) is 14.8 Å². The second-order valence-corrected chi connectivity index (χ2v) is 3.99. The summed E-state index contributed by atoms with van der Waals surface area (Å²) in [6, 6.07) is 5.58. The standard InChI is InChI=1S/C11H8FN5O2/c12-6-4-2-1-3-5(6)7-8(18)14-11-15-10(13)16-17(11)9(7)19/h1-4,7H,(H3,13,14,15,16,18). The number of halogens is 1. The lowest BCUT2D eigenvalue weighted by Crippen LogP contribution is -2.38. The van der Waals surface area contributed by atoms with Gasteiger partial charge in [0, 0.05) is 5.56 Å². The van der Waals surface area contributed by atoms with Gasteiger partial charge in [-0.3, -0.25) is 14.9 Å². The van der Waals surface area contributed by atoms with Crippen LogP contribution < -0.4 is 11.1 Å². The Morgan fingerprint density at radius 3 is 2.79 bits per heavy atom. The minimum atomic E-state index is -1.30. The van der Waals surface area contributed by atoms with Crippen LogP contribution in [0.3, 0.4) is 0 Å². The molecule has 1 aliphatic heterocycles. The maximum Gasteiger partial charge on any atom is 0.267 e. The summed E-state index contributed by atoms with van der Waals surface area (Å²) >= 11 is 0. The Labute approximate surface area is 106 Å². The zero-order valence-corrected chi connectivity index (χ0v) is 9.50. The number of nitrogen functional groups attached to an aromatic ring is 1. The van der Waals surface area contributed by atoms with Gasteiger partial charge < -0.3 is 5.73 Å². The Morgan fingerprint density at radius 2 is 2.05 bits per heavy atom.